The molecule has 0 aromatic rings. The van der Waals surface area contributed by atoms with Crippen LogP contribution in [0.5, 0.6) is 0 Å². The van der Waals surface area contributed by atoms with Crippen LogP contribution in [0.2, 0.25) is 0 Å². The summed E-state index contributed by atoms with van der Waals surface area (Å²) in [5, 5.41) is 0. The molecule has 0 saturated heterocycles. The van der Waals surface area contributed by atoms with Gasteiger partial charge >= 0.3 is 0 Å². The first-order valence-corrected chi connectivity index (χ1v) is 4.21. The highest BCUT2D eigenvalue weighted by Gasteiger charge is 2.18. The van der Waals surface area contributed by atoms with Gasteiger partial charge in [0.05, 0.1) is 0 Å². The molecule has 0 radical (unpaired) electrons. The predicted molar refractivity (Wildman–Crippen MR) is 54.9 cm³/mol. The van der Waals surface area contributed by atoms with Gasteiger partial charge in [0.15, 0.2) is 0 Å². The molecule has 1 fully saturated rings. The van der Waals surface area contributed by atoms with Crippen LogP contribution in [0.3, 0.4) is 0 Å². The van der Waals surface area contributed by atoms with E-state index < -0.39 is 0 Å². The molecule has 70 valence electrons. The summed E-state index contributed by atoms with van der Waals surface area (Å²) in [5.74, 6) is 0. The zero-order valence-electron chi connectivity index (χ0n) is 6.74. The van der Waals surface area contributed by atoms with Gasteiger partial charge in [0, 0.05) is 0 Å². The van der Waals surface area contributed by atoms with E-state index in [1.807, 2.05) is 0 Å². The normalized spacial score (nSPS) is 22.4. The zero-order valence-corrected chi connectivity index (χ0v) is 6.74. The van der Waals surface area contributed by atoms with Crippen LogP contribution in [-0.4, -0.2) is 0 Å². The molecule has 0 aromatic carbocycles. The fourth-order valence-electron chi connectivity index (χ4n) is 1.69. The van der Waals surface area contributed by atoms with E-state index in [0.29, 0.717) is 5.41 Å². The topological polar surface area (TPSA) is 0 Å². The maximum atomic E-state index is 2.40. The highest BCUT2D eigenvalue weighted by Crippen LogP contribution is 2.33. The second-order valence-corrected chi connectivity index (χ2v) is 4.08. The molecular weight excluding hydrogens is 132 g/mol. The fourth-order valence-corrected chi connectivity index (χ4v) is 1.69. The summed E-state index contributed by atoms with van der Waals surface area (Å²) in [6, 6.07) is 0. The van der Waals surface area contributed by atoms with Crippen LogP contribution in [-0.2, 0) is 0 Å². The molecule has 0 unspecified atom stereocenters. The Hall–Kier alpha value is 0. The molecule has 1 saturated carbocycles. The van der Waals surface area contributed by atoms with Gasteiger partial charge in [-0.2, -0.15) is 0 Å². The van der Waals surface area contributed by atoms with E-state index in [1.54, 1.807) is 0 Å². The highest BCUT2D eigenvalue weighted by molar-refractivity contribution is 4.71. The highest BCUT2D eigenvalue weighted by atomic mass is 14.2. The number of rotatable bonds is 0. The lowest BCUT2D eigenvalue weighted by molar-refractivity contribution is 0.314. The van der Waals surface area contributed by atoms with Crippen molar-refractivity contribution >= 4 is 0 Å². The Bertz CT molecular complexity index is 72.0. The summed E-state index contributed by atoms with van der Waals surface area (Å²) < 4.78 is 0. The van der Waals surface area contributed by atoms with Gasteiger partial charge in [0.25, 0.3) is 0 Å². The van der Waals surface area contributed by atoms with Gasteiger partial charge in [0.1, 0.15) is 0 Å². The Labute approximate surface area is 73.4 Å². The average Bonchev–Trinajstić information content (AvgIpc) is 1.92. The number of hydrogen-bond acceptors (Lipinski definition) is 0. The molecule has 0 atom stereocenters. The molecule has 11 heavy (non-hydrogen) atoms. The van der Waals surface area contributed by atoms with Crippen LogP contribution in [0.15, 0.2) is 0 Å². The van der Waals surface area contributed by atoms with Crippen molar-refractivity contribution in [2.75, 3.05) is 0 Å². The largest absolute Gasteiger partial charge is 0.0776 e. The Morgan fingerprint density at radius 3 is 1.45 bits per heavy atom. The molecule has 0 aromatic heterocycles. The van der Waals surface area contributed by atoms with Crippen molar-refractivity contribution in [3.63, 3.8) is 0 Å². The van der Waals surface area contributed by atoms with Crippen molar-refractivity contribution in [2.45, 2.75) is 67.2 Å². The van der Waals surface area contributed by atoms with Gasteiger partial charge in [-0.3, -0.25) is 0 Å². The van der Waals surface area contributed by atoms with Gasteiger partial charge in [0.2, 0.25) is 0 Å². The van der Waals surface area contributed by atoms with Crippen LogP contribution < -0.4 is 0 Å². The maximum absolute atomic E-state index is 2.40. The summed E-state index contributed by atoms with van der Waals surface area (Å²) in [6.07, 6.45) is 8.78. The van der Waals surface area contributed by atoms with Crippen LogP contribution in [0.4, 0.5) is 0 Å². The van der Waals surface area contributed by atoms with Crippen LogP contribution in [0.25, 0.3) is 0 Å². The Kier molecular flexibility index (Phi) is 6.94. The minimum absolute atomic E-state index is 0. The smallest absolute Gasteiger partial charge is 0.0354 e. The molecule has 0 heteroatoms. The van der Waals surface area contributed by atoms with E-state index in [-0.39, 0.29) is 14.9 Å². The molecule has 0 nitrogen and oxygen atoms in total. The molecule has 1 rings (SSSR count). The zero-order chi connectivity index (χ0) is 6.74. The SMILES string of the molecule is C.C.CC1(C)CCCCCC1. The summed E-state index contributed by atoms with van der Waals surface area (Å²) in [6.45, 7) is 4.80. The summed E-state index contributed by atoms with van der Waals surface area (Å²) in [7, 11) is 0. The Morgan fingerprint density at radius 2 is 1.09 bits per heavy atom. The lowest BCUT2D eigenvalue weighted by atomic mass is 9.85. The third kappa shape index (κ3) is 5.29. The maximum Gasteiger partial charge on any atom is -0.0354 e. The van der Waals surface area contributed by atoms with Crippen LogP contribution in [0.1, 0.15) is 67.2 Å². The molecule has 0 aliphatic heterocycles. The van der Waals surface area contributed by atoms with Crippen molar-refractivity contribution in [3.05, 3.63) is 0 Å². The first kappa shape index (κ1) is 13.6. The quantitative estimate of drug-likeness (QED) is 0.451. The van der Waals surface area contributed by atoms with E-state index in [0.717, 1.165) is 0 Å². The third-order valence-corrected chi connectivity index (χ3v) is 2.46. The molecule has 0 N–H and O–H groups in total. The summed E-state index contributed by atoms with van der Waals surface area (Å²) >= 11 is 0. The van der Waals surface area contributed by atoms with E-state index in [1.165, 1.54) is 38.5 Å². The lowest BCUT2D eigenvalue weighted by Crippen LogP contribution is -2.08. The standard InChI is InChI=1S/C9H18.2CH4/c1-9(2)7-5-3-4-6-8-9;;/h3-8H2,1-2H3;2*1H4. The van der Waals surface area contributed by atoms with Crippen molar-refractivity contribution < 1.29 is 0 Å². The molecule has 0 bridgehead atoms. The Morgan fingerprint density at radius 1 is 0.727 bits per heavy atom. The van der Waals surface area contributed by atoms with Crippen molar-refractivity contribution in [3.8, 4) is 0 Å². The molecule has 0 spiro atoms. The Balaban J connectivity index is 0. The molecule has 1 aliphatic carbocycles. The first-order chi connectivity index (χ1) is 4.21. The minimum atomic E-state index is 0. The monoisotopic (exact) mass is 158 g/mol. The predicted octanol–water partition coefficient (Wildman–Crippen LogP) is 4.64. The van der Waals surface area contributed by atoms with Gasteiger partial charge < -0.3 is 0 Å². The second-order valence-electron chi connectivity index (χ2n) is 4.08. The van der Waals surface area contributed by atoms with Crippen molar-refractivity contribution in [1.29, 1.82) is 0 Å². The van der Waals surface area contributed by atoms with Gasteiger partial charge in [-0.15, -0.1) is 0 Å². The van der Waals surface area contributed by atoms with Gasteiger partial charge in [-0.05, 0) is 18.3 Å². The van der Waals surface area contributed by atoms with Crippen LogP contribution in [0, 0.1) is 5.41 Å². The fraction of sp³-hybridized carbons (Fsp3) is 1.00. The van der Waals surface area contributed by atoms with Crippen molar-refractivity contribution in [2.24, 2.45) is 5.41 Å². The van der Waals surface area contributed by atoms with Gasteiger partial charge in [-0.25, -0.2) is 0 Å². The van der Waals surface area contributed by atoms with Gasteiger partial charge in [-0.1, -0.05) is 54.4 Å². The van der Waals surface area contributed by atoms with E-state index in [2.05, 4.69) is 13.8 Å². The number of hydrogen-bond donors (Lipinski definition) is 0. The van der Waals surface area contributed by atoms with Crippen LogP contribution >= 0.6 is 0 Å². The van der Waals surface area contributed by atoms with E-state index in [9.17, 15) is 0 Å². The molecule has 0 amide bonds. The van der Waals surface area contributed by atoms with E-state index in [4.69, 9.17) is 0 Å². The van der Waals surface area contributed by atoms with Crippen molar-refractivity contribution in [1.82, 2.24) is 0 Å². The average molecular weight is 158 g/mol. The molecule has 1 aliphatic rings. The summed E-state index contributed by atoms with van der Waals surface area (Å²) in [4.78, 5) is 0. The third-order valence-electron chi connectivity index (χ3n) is 2.46. The van der Waals surface area contributed by atoms with E-state index >= 15 is 0 Å². The first-order valence-electron chi connectivity index (χ1n) is 4.21. The lowest BCUT2D eigenvalue weighted by Gasteiger charge is -2.21. The molecule has 0 heterocycles. The summed E-state index contributed by atoms with van der Waals surface area (Å²) in [5.41, 5.74) is 0.663. The molecular formula is C11H26. The second kappa shape index (κ2) is 5.62. The minimum Gasteiger partial charge on any atom is -0.0776 e.